The largest absolute Gasteiger partial charge is 0.382 e. The van der Waals surface area contributed by atoms with E-state index < -0.39 is 6.04 Å². The van der Waals surface area contributed by atoms with Crippen LogP contribution in [0.1, 0.15) is 31.9 Å². The molecule has 0 bridgehead atoms. The van der Waals surface area contributed by atoms with Gasteiger partial charge in [-0.3, -0.25) is 9.59 Å². The van der Waals surface area contributed by atoms with Crippen LogP contribution in [0.5, 0.6) is 0 Å². The Labute approximate surface area is 147 Å². The number of ether oxygens (including phenoxy) is 1. The molecule has 0 spiro atoms. The minimum absolute atomic E-state index is 0.0949. The van der Waals surface area contributed by atoms with E-state index in [2.05, 4.69) is 10.6 Å². The van der Waals surface area contributed by atoms with Crippen LogP contribution in [0, 0.1) is 0 Å². The monoisotopic (exact) mass is 348 g/mol. The van der Waals surface area contributed by atoms with E-state index in [0.29, 0.717) is 12.1 Å². The minimum atomic E-state index is -0.736. The third-order valence-corrected chi connectivity index (χ3v) is 3.56. The Balaban J connectivity index is 2.72. The Hall–Kier alpha value is -2.47. The lowest BCUT2D eigenvalue weighted by molar-refractivity contribution is -0.129. The fourth-order valence-electron chi connectivity index (χ4n) is 2.31. The van der Waals surface area contributed by atoms with Crippen LogP contribution in [-0.4, -0.2) is 31.6 Å². The summed E-state index contributed by atoms with van der Waals surface area (Å²) in [6.07, 6.45) is 3.14. The zero-order valence-corrected chi connectivity index (χ0v) is 15.1. The normalized spacial score (nSPS) is 13.3. The quantitative estimate of drug-likeness (QED) is 0.710. The molecule has 1 rings (SSSR count). The first kappa shape index (κ1) is 20.6. The Kier molecular flexibility index (Phi) is 8.56. The molecule has 1 aromatic carbocycles. The lowest BCUT2D eigenvalue weighted by Gasteiger charge is -2.16. The molecule has 2 N–H and O–H groups in total. The molecular formula is C19H25FN2O3. The Bertz CT molecular complexity index is 651. The molecule has 1 unspecified atom stereocenters. The summed E-state index contributed by atoms with van der Waals surface area (Å²) >= 11 is 0. The van der Waals surface area contributed by atoms with Gasteiger partial charge in [0.15, 0.2) is 0 Å². The summed E-state index contributed by atoms with van der Waals surface area (Å²) in [5.74, 6) is -0.900. The van der Waals surface area contributed by atoms with Crippen LogP contribution < -0.4 is 10.6 Å². The van der Waals surface area contributed by atoms with Crippen LogP contribution >= 0.6 is 0 Å². The maximum Gasteiger partial charge on any atom is 0.245 e. The molecule has 6 heteroatoms. The number of allylic oxidation sites excluding steroid dienone is 4. The van der Waals surface area contributed by atoms with Crippen molar-refractivity contribution >= 4 is 17.4 Å². The van der Waals surface area contributed by atoms with Gasteiger partial charge in [0, 0.05) is 26.2 Å². The minimum Gasteiger partial charge on any atom is -0.382 e. The number of rotatable bonds is 8. The molecule has 0 saturated heterocycles. The first-order valence-corrected chi connectivity index (χ1v) is 8.04. The van der Waals surface area contributed by atoms with Crippen molar-refractivity contribution in [2.45, 2.75) is 33.4 Å². The Morgan fingerprint density at radius 3 is 2.32 bits per heavy atom. The van der Waals surface area contributed by atoms with E-state index in [4.69, 9.17) is 4.74 Å². The number of hydrogen-bond donors (Lipinski definition) is 2. The summed E-state index contributed by atoms with van der Waals surface area (Å²) < 4.78 is 18.7. The van der Waals surface area contributed by atoms with Crippen molar-refractivity contribution in [1.29, 1.82) is 0 Å². The number of carbonyl (C=O) groups excluding carboxylic acids is 2. The smallest absolute Gasteiger partial charge is 0.245 e. The number of amides is 2. The number of hydrogen-bond acceptors (Lipinski definition) is 3. The van der Waals surface area contributed by atoms with Crippen LogP contribution in [0.2, 0.25) is 0 Å². The number of halogens is 1. The predicted molar refractivity (Wildman–Crippen MR) is 96.3 cm³/mol. The maximum absolute atomic E-state index is 13.8. The van der Waals surface area contributed by atoms with Gasteiger partial charge in [0.2, 0.25) is 11.8 Å². The summed E-state index contributed by atoms with van der Waals surface area (Å²) in [6.45, 7) is 5.17. The zero-order chi connectivity index (χ0) is 18.8. The van der Waals surface area contributed by atoms with Crippen molar-refractivity contribution in [3.63, 3.8) is 0 Å². The maximum atomic E-state index is 13.8. The van der Waals surface area contributed by atoms with Gasteiger partial charge in [-0.1, -0.05) is 36.4 Å². The van der Waals surface area contributed by atoms with E-state index >= 15 is 0 Å². The second kappa shape index (κ2) is 10.4. The Morgan fingerprint density at radius 1 is 1.20 bits per heavy atom. The lowest BCUT2D eigenvalue weighted by Crippen LogP contribution is -2.48. The number of nitrogens with one attached hydrogen (secondary N) is 2. The summed E-state index contributed by atoms with van der Waals surface area (Å²) in [6, 6.07) is 6.53. The van der Waals surface area contributed by atoms with Crippen LogP contribution in [0.3, 0.4) is 0 Å². The second-order valence-electron chi connectivity index (χ2n) is 5.46. The van der Waals surface area contributed by atoms with Crippen molar-refractivity contribution in [2.24, 2.45) is 0 Å². The molecule has 0 heterocycles. The summed E-state index contributed by atoms with van der Waals surface area (Å²) in [4.78, 5) is 23.2. The van der Waals surface area contributed by atoms with Gasteiger partial charge in [-0.2, -0.15) is 0 Å². The third kappa shape index (κ3) is 6.51. The lowest BCUT2D eigenvalue weighted by atomic mass is 10.0. The van der Waals surface area contributed by atoms with Crippen molar-refractivity contribution in [1.82, 2.24) is 10.6 Å². The van der Waals surface area contributed by atoms with Gasteiger partial charge >= 0.3 is 0 Å². The van der Waals surface area contributed by atoms with E-state index in [1.165, 1.54) is 20.1 Å². The SMILES string of the molecule is CC=C(F)C(=CC)c1ccc(CNC(=O)C(COC)NC(C)=O)cc1. The van der Waals surface area contributed by atoms with Crippen LogP contribution in [0.15, 0.2) is 42.2 Å². The van der Waals surface area contributed by atoms with Crippen LogP contribution in [0.25, 0.3) is 5.57 Å². The average molecular weight is 348 g/mol. The Morgan fingerprint density at radius 2 is 1.84 bits per heavy atom. The van der Waals surface area contributed by atoms with Gasteiger partial charge in [-0.15, -0.1) is 0 Å². The number of benzene rings is 1. The fourth-order valence-corrected chi connectivity index (χ4v) is 2.31. The molecule has 0 saturated carbocycles. The van der Waals surface area contributed by atoms with Crippen molar-refractivity contribution < 1.29 is 18.7 Å². The molecule has 25 heavy (non-hydrogen) atoms. The zero-order valence-electron chi connectivity index (χ0n) is 15.1. The predicted octanol–water partition coefficient (Wildman–Crippen LogP) is 2.73. The van der Waals surface area contributed by atoms with Crippen molar-refractivity contribution in [3.05, 3.63) is 53.4 Å². The number of methoxy groups -OCH3 is 1. The molecule has 1 aromatic rings. The molecule has 0 fully saturated rings. The van der Waals surface area contributed by atoms with Gasteiger partial charge in [-0.25, -0.2) is 4.39 Å². The summed E-state index contributed by atoms with van der Waals surface area (Å²) in [5.41, 5.74) is 2.17. The van der Waals surface area contributed by atoms with E-state index in [1.54, 1.807) is 32.1 Å². The molecular weight excluding hydrogens is 323 g/mol. The molecule has 0 aliphatic carbocycles. The highest BCUT2D eigenvalue weighted by atomic mass is 19.1. The van der Waals surface area contributed by atoms with Crippen molar-refractivity contribution in [2.75, 3.05) is 13.7 Å². The fraction of sp³-hybridized carbons (Fsp3) is 0.368. The average Bonchev–Trinajstić information content (AvgIpc) is 2.60. The van der Waals surface area contributed by atoms with Gasteiger partial charge in [-0.05, 0) is 25.0 Å². The molecule has 0 aliphatic rings. The summed E-state index contributed by atoms with van der Waals surface area (Å²) in [5, 5.41) is 5.29. The number of carbonyl (C=O) groups is 2. The van der Waals surface area contributed by atoms with Crippen LogP contribution in [0.4, 0.5) is 4.39 Å². The first-order valence-electron chi connectivity index (χ1n) is 8.04. The van der Waals surface area contributed by atoms with E-state index in [1.807, 2.05) is 12.1 Å². The molecule has 0 radical (unpaired) electrons. The first-order chi connectivity index (χ1) is 11.9. The van der Waals surface area contributed by atoms with E-state index in [9.17, 15) is 14.0 Å². The molecule has 0 aromatic heterocycles. The van der Waals surface area contributed by atoms with E-state index in [0.717, 1.165) is 11.1 Å². The van der Waals surface area contributed by atoms with Gasteiger partial charge in [0.1, 0.15) is 11.9 Å². The molecule has 1 atom stereocenters. The standard InChI is InChI=1S/C19H25FN2O3/c1-5-16(17(20)6-2)15-9-7-14(8-10-15)11-21-19(24)18(12-25-4)22-13(3)23/h5-10,18H,11-12H2,1-4H3,(H,21,24)(H,22,23). The molecule has 0 aliphatic heterocycles. The molecule has 5 nitrogen and oxygen atoms in total. The highest BCUT2D eigenvalue weighted by Gasteiger charge is 2.18. The second-order valence-corrected chi connectivity index (χ2v) is 5.46. The topological polar surface area (TPSA) is 67.4 Å². The highest BCUT2D eigenvalue weighted by Crippen LogP contribution is 2.24. The highest BCUT2D eigenvalue weighted by molar-refractivity contribution is 5.87. The third-order valence-electron chi connectivity index (χ3n) is 3.56. The summed E-state index contributed by atoms with van der Waals surface area (Å²) in [7, 11) is 1.46. The van der Waals surface area contributed by atoms with Gasteiger partial charge in [0.25, 0.3) is 0 Å². The van der Waals surface area contributed by atoms with Crippen LogP contribution in [-0.2, 0) is 20.9 Å². The molecule has 2 amide bonds. The van der Waals surface area contributed by atoms with E-state index in [-0.39, 0.29) is 24.2 Å². The van der Waals surface area contributed by atoms with Gasteiger partial charge < -0.3 is 15.4 Å². The molecule has 136 valence electrons. The van der Waals surface area contributed by atoms with Gasteiger partial charge in [0.05, 0.1) is 6.61 Å². The van der Waals surface area contributed by atoms with Crippen molar-refractivity contribution in [3.8, 4) is 0 Å².